The van der Waals surface area contributed by atoms with Crippen molar-refractivity contribution in [2.75, 3.05) is 0 Å². The summed E-state index contributed by atoms with van der Waals surface area (Å²) in [5.41, 5.74) is 1.90. The lowest BCUT2D eigenvalue weighted by Crippen LogP contribution is -2.28. The molecule has 0 aromatic carbocycles. The van der Waals surface area contributed by atoms with E-state index >= 15 is 0 Å². The molecule has 0 fully saturated rings. The molecule has 0 saturated carbocycles. The van der Waals surface area contributed by atoms with Gasteiger partial charge in [-0.2, -0.15) is 0 Å². The Labute approximate surface area is 179 Å². The van der Waals surface area contributed by atoms with Gasteiger partial charge in [-0.15, -0.1) is 0 Å². The minimum Gasteiger partial charge on any atom is -0.443 e. The highest BCUT2D eigenvalue weighted by molar-refractivity contribution is 5.80. The fourth-order valence-electron chi connectivity index (χ4n) is 3.20. The molecule has 156 valence electrons. The van der Waals surface area contributed by atoms with E-state index in [1.807, 2.05) is 18.2 Å². The van der Waals surface area contributed by atoms with Gasteiger partial charge in [0.15, 0.2) is 0 Å². The van der Waals surface area contributed by atoms with E-state index in [9.17, 15) is 9.59 Å². The minimum absolute atomic E-state index is 0.281. The lowest BCUT2D eigenvalue weighted by molar-refractivity contribution is 0.0540. The molecule has 0 saturated heterocycles. The summed E-state index contributed by atoms with van der Waals surface area (Å²) < 4.78 is 8.36. The van der Waals surface area contributed by atoms with Crippen molar-refractivity contribution in [1.29, 1.82) is 0 Å². The first-order valence-corrected chi connectivity index (χ1v) is 9.83. The van der Waals surface area contributed by atoms with Crippen LogP contribution in [0.2, 0.25) is 0 Å². The number of nitrogens with zero attached hydrogens (tertiary/aromatic N) is 4. The Morgan fingerprint density at radius 3 is 2.55 bits per heavy atom. The fourth-order valence-corrected chi connectivity index (χ4v) is 3.20. The van der Waals surface area contributed by atoms with Crippen LogP contribution < -0.4 is 5.56 Å². The van der Waals surface area contributed by atoms with Gasteiger partial charge in [0.2, 0.25) is 0 Å². The Balaban J connectivity index is 1.93. The van der Waals surface area contributed by atoms with Crippen molar-refractivity contribution in [3.05, 3.63) is 89.9 Å². The summed E-state index contributed by atoms with van der Waals surface area (Å²) in [6.45, 7) is 5.39. The lowest BCUT2D eigenvalue weighted by atomic mass is 10.1. The molecule has 4 rings (SSSR count). The number of carbonyl (C=O) groups excluding carboxylic acids is 1. The first-order valence-electron chi connectivity index (χ1n) is 9.83. The number of pyridine rings is 3. The van der Waals surface area contributed by atoms with Gasteiger partial charge in [-0.25, -0.2) is 4.79 Å². The third kappa shape index (κ3) is 4.30. The molecule has 0 unspecified atom stereocenters. The van der Waals surface area contributed by atoms with Crippen molar-refractivity contribution >= 4 is 6.09 Å². The van der Waals surface area contributed by atoms with Crippen LogP contribution >= 0.6 is 0 Å². The lowest BCUT2D eigenvalue weighted by Gasteiger charge is -2.20. The fraction of sp³-hybridized carbons (Fsp3) is 0.167. The van der Waals surface area contributed by atoms with Gasteiger partial charge in [0.25, 0.3) is 5.56 Å². The Kier molecular flexibility index (Phi) is 5.25. The summed E-state index contributed by atoms with van der Waals surface area (Å²) >= 11 is 0. The molecule has 0 aliphatic rings. The molecule has 4 aromatic rings. The van der Waals surface area contributed by atoms with E-state index < -0.39 is 11.7 Å². The van der Waals surface area contributed by atoms with E-state index in [0.717, 1.165) is 5.56 Å². The van der Waals surface area contributed by atoms with Crippen molar-refractivity contribution in [2.24, 2.45) is 0 Å². The highest BCUT2D eigenvalue weighted by atomic mass is 16.6. The van der Waals surface area contributed by atoms with Crippen molar-refractivity contribution in [2.45, 2.75) is 26.4 Å². The number of carbonyl (C=O) groups is 1. The normalized spacial score (nSPS) is 11.3. The number of aromatic nitrogens is 4. The molecule has 31 heavy (non-hydrogen) atoms. The van der Waals surface area contributed by atoms with Crippen molar-refractivity contribution in [3.63, 3.8) is 0 Å². The van der Waals surface area contributed by atoms with Crippen LogP contribution in [0.5, 0.6) is 0 Å². The van der Waals surface area contributed by atoms with Gasteiger partial charge in [0.1, 0.15) is 5.60 Å². The zero-order valence-electron chi connectivity index (χ0n) is 17.5. The largest absolute Gasteiger partial charge is 0.443 e. The van der Waals surface area contributed by atoms with E-state index in [0.29, 0.717) is 22.6 Å². The number of hydrogen-bond acceptors (Lipinski definition) is 5. The van der Waals surface area contributed by atoms with Crippen LogP contribution in [0.3, 0.4) is 0 Å². The van der Waals surface area contributed by atoms with Gasteiger partial charge in [-0.1, -0.05) is 6.07 Å². The maximum atomic E-state index is 13.5. The van der Waals surface area contributed by atoms with E-state index in [1.54, 1.807) is 82.1 Å². The van der Waals surface area contributed by atoms with Gasteiger partial charge in [-0.05, 0) is 63.2 Å². The highest BCUT2D eigenvalue weighted by Gasteiger charge is 2.22. The molecule has 0 aliphatic carbocycles. The minimum atomic E-state index is -0.662. The summed E-state index contributed by atoms with van der Waals surface area (Å²) in [5.74, 6) is 0. The van der Waals surface area contributed by atoms with E-state index in [-0.39, 0.29) is 5.56 Å². The summed E-state index contributed by atoms with van der Waals surface area (Å²) in [5, 5.41) is 0. The molecule has 4 heterocycles. The van der Waals surface area contributed by atoms with Gasteiger partial charge in [-0.3, -0.25) is 23.9 Å². The Morgan fingerprint density at radius 1 is 1.03 bits per heavy atom. The molecular weight excluding hydrogens is 392 g/mol. The molecule has 0 bridgehead atoms. The van der Waals surface area contributed by atoms with Crippen LogP contribution in [0.4, 0.5) is 4.79 Å². The average molecular weight is 414 g/mol. The SMILES string of the molecule is CC(C)(C)OC(=O)n1cccc1-c1cc(-c2ccccn2)cn(-c2cccnc2)c1=O. The van der Waals surface area contributed by atoms with Crippen LogP contribution in [0.15, 0.2) is 84.3 Å². The zero-order chi connectivity index (χ0) is 22.0. The molecule has 7 heteroatoms. The first-order chi connectivity index (χ1) is 14.8. The van der Waals surface area contributed by atoms with E-state index in [1.165, 1.54) is 9.13 Å². The van der Waals surface area contributed by atoms with Gasteiger partial charge < -0.3 is 4.74 Å². The van der Waals surface area contributed by atoms with Crippen LogP contribution in [0.1, 0.15) is 20.8 Å². The molecular formula is C24H22N4O3. The monoisotopic (exact) mass is 414 g/mol. The first kappa shape index (κ1) is 20.3. The molecule has 0 radical (unpaired) electrons. The Hall–Kier alpha value is -4.00. The van der Waals surface area contributed by atoms with E-state index in [4.69, 9.17) is 4.74 Å². The Bertz CT molecular complexity index is 1270. The Morgan fingerprint density at radius 2 is 1.87 bits per heavy atom. The smallest absolute Gasteiger partial charge is 0.418 e. The van der Waals surface area contributed by atoms with Crippen molar-refractivity contribution < 1.29 is 9.53 Å². The van der Waals surface area contributed by atoms with Gasteiger partial charge in [0, 0.05) is 30.4 Å². The highest BCUT2D eigenvalue weighted by Crippen LogP contribution is 2.25. The molecule has 4 aromatic heterocycles. The third-order valence-electron chi connectivity index (χ3n) is 4.52. The molecule has 7 nitrogen and oxygen atoms in total. The molecule has 0 spiro atoms. The maximum Gasteiger partial charge on any atom is 0.418 e. The maximum absolute atomic E-state index is 13.5. The van der Waals surface area contributed by atoms with Crippen molar-refractivity contribution in [1.82, 2.24) is 19.1 Å². The standard InChI is InChI=1S/C24H22N4O3/c1-24(2,3)31-23(30)27-13-7-10-21(27)19-14-17(20-9-4-5-12-26-20)16-28(22(19)29)18-8-6-11-25-15-18/h4-16H,1-3H3. The van der Waals surface area contributed by atoms with Crippen LogP contribution in [-0.4, -0.2) is 30.8 Å². The second-order valence-electron chi connectivity index (χ2n) is 7.99. The topological polar surface area (TPSA) is 79.0 Å². The van der Waals surface area contributed by atoms with E-state index in [2.05, 4.69) is 9.97 Å². The van der Waals surface area contributed by atoms with Crippen LogP contribution in [-0.2, 0) is 4.74 Å². The predicted octanol–water partition coefficient (Wildman–Crippen LogP) is 4.55. The second kappa shape index (κ2) is 8.02. The average Bonchev–Trinajstić information content (AvgIpc) is 3.24. The molecule has 0 atom stereocenters. The number of rotatable bonds is 3. The summed E-state index contributed by atoms with van der Waals surface area (Å²) in [7, 11) is 0. The van der Waals surface area contributed by atoms with Crippen molar-refractivity contribution in [3.8, 4) is 28.2 Å². The third-order valence-corrected chi connectivity index (χ3v) is 4.52. The van der Waals surface area contributed by atoms with Crippen LogP contribution in [0.25, 0.3) is 28.2 Å². The summed E-state index contributed by atoms with van der Waals surface area (Å²) in [6.07, 6.45) is 7.71. The molecule has 0 aliphatic heterocycles. The van der Waals surface area contributed by atoms with Gasteiger partial charge >= 0.3 is 6.09 Å². The second-order valence-corrected chi connectivity index (χ2v) is 7.99. The predicted molar refractivity (Wildman–Crippen MR) is 118 cm³/mol. The van der Waals surface area contributed by atoms with Crippen LogP contribution in [0, 0.1) is 0 Å². The van der Waals surface area contributed by atoms with Gasteiger partial charge in [0.05, 0.1) is 28.8 Å². The summed E-state index contributed by atoms with van der Waals surface area (Å²) in [6, 6.07) is 14.3. The number of hydrogen-bond donors (Lipinski definition) is 0. The molecule has 0 amide bonds. The summed E-state index contributed by atoms with van der Waals surface area (Å²) in [4.78, 5) is 34.7. The molecule has 0 N–H and O–H groups in total. The quantitative estimate of drug-likeness (QED) is 0.492. The zero-order valence-corrected chi connectivity index (χ0v) is 17.5. The number of ether oxygens (including phenoxy) is 1.